The molecule has 0 unspecified atom stereocenters. The number of carbonyl (C=O) groups excluding carboxylic acids is 2. The second kappa shape index (κ2) is 8.33. The molecule has 2 aromatic rings. The summed E-state index contributed by atoms with van der Waals surface area (Å²) in [4.78, 5) is 33.5. The van der Waals surface area contributed by atoms with Gasteiger partial charge in [-0.05, 0) is 70.0 Å². The normalized spacial score (nSPS) is 16.0. The first-order valence-electron chi connectivity index (χ1n) is 10.1. The van der Waals surface area contributed by atoms with Crippen molar-refractivity contribution < 1.29 is 9.59 Å². The van der Waals surface area contributed by atoms with E-state index in [2.05, 4.69) is 16.4 Å². The fourth-order valence-electron chi connectivity index (χ4n) is 3.76. The van der Waals surface area contributed by atoms with Crippen LogP contribution in [0.1, 0.15) is 37.6 Å². The van der Waals surface area contributed by atoms with Crippen molar-refractivity contribution in [3.63, 3.8) is 0 Å². The molecule has 2 heterocycles. The van der Waals surface area contributed by atoms with Gasteiger partial charge in [0.1, 0.15) is 5.41 Å². The van der Waals surface area contributed by atoms with Crippen LogP contribution in [0, 0.1) is 12.3 Å². The molecule has 1 N–H and O–H groups in total. The number of benzene rings is 1. The van der Waals surface area contributed by atoms with E-state index in [4.69, 9.17) is 0 Å². The number of amides is 2. The van der Waals surface area contributed by atoms with Crippen LogP contribution in [0.5, 0.6) is 0 Å². The smallest absolute Gasteiger partial charge is 0.242 e. The fraction of sp³-hybridized carbons (Fsp3) is 0.435. The molecule has 2 amide bonds. The molecule has 0 spiro atoms. The molecule has 0 saturated carbocycles. The average molecular weight is 395 g/mol. The molecule has 1 aliphatic rings. The molecule has 1 aliphatic heterocycles. The lowest BCUT2D eigenvalue weighted by Gasteiger charge is -2.27. The first-order valence-corrected chi connectivity index (χ1v) is 10.1. The predicted molar refractivity (Wildman–Crippen MR) is 116 cm³/mol. The van der Waals surface area contributed by atoms with Gasteiger partial charge in [0.25, 0.3) is 0 Å². The molecule has 6 nitrogen and oxygen atoms in total. The number of carbonyl (C=O) groups is 2. The number of hydrogen-bond donors (Lipinski definition) is 1. The predicted octanol–water partition coefficient (Wildman–Crippen LogP) is 3.08. The quantitative estimate of drug-likeness (QED) is 0.604. The van der Waals surface area contributed by atoms with Crippen LogP contribution < -0.4 is 15.1 Å². The number of rotatable bonds is 6. The zero-order chi connectivity index (χ0) is 21.2. The van der Waals surface area contributed by atoms with Gasteiger partial charge >= 0.3 is 0 Å². The molecule has 0 aliphatic carbocycles. The highest BCUT2D eigenvalue weighted by atomic mass is 16.2. The lowest BCUT2D eigenvalue weighted by molar-refractivity contribution is -0.137. The van der Waals surface area contributed by atoms with Gasteiger partial charge in [-0.1, -0.05) is 12.1 Å². The number of aryl methyl sites for hydroxylation is 1. The van der Waals surface area contributed by atoms with Crippen molar-refractivity contribution in [3.8, 4) is 0 Å². The van der Waals surface area contributed by atoms with Crippen molar-refractivity contribution >= 4 is 23.2 Å². The van der Waals surface area contributed by atoms with Gasteiger partial charge in [-0.3, -0.25) is 14.6 Å². The fourth-order valence-corrected chi connectivity index (χ4v) is 3.76. The van der Waals surface area contributed by atoms with Crippen molar-refractivity contribution in [2.24, 2.45) is 5.41 Å². The van der Waals surface area contributed by atoms with Crippen molar-refractivity contribution in [2.45, 2.75) is 40.7 Å². The van der Waals surface area contributed by atoms with E-state index in [0.717, 1.165) is 42.1 Å². The second-order valence-corrected chi connectivity index (χ2v) is 8.04. The number of nitrogens with zero attached hydrogens (tertiary/aromatic N) is 3. The summed E-state index contributed by atoms with van der Waals surface area (Å²) in [7, 11) is 1.75. The third kappa shape index (κ3) is 4.03. The van der Waals surface area contributed by atoms with E-state index >= 15 is 0 Å². The van der Waals surface area contributed by atoms with E-state index in [9.17, 15) is 9.59 Å². The van der Waals surface area contributed by atoms with Crippen LogP contribution >= 0.6 is 0 Å². The molecule has 0 bridgehead atoms. The average Bonchev–Trinajstić information content (AvgIpc) is 2.76. The van der Waals surface area contributed by atoms with Crippen LogP contribution in [0.4, 0.5) is 11.4 Å². The van der Waals surface area contributed by atoms with Crippen molar-refractivity contribution in [1.29, 1.82) is 0 Å². The van der Waals surface area contributed by atoms with Gasteiger partial charge in [-0.25, -0.2) is 0 Å². The zero-order valence-electron chi connectivity index (χ0n) is 18.0. The lowest BCUT2D eigenvalue weighted by atomic mass is 9.90. The minimum Gasteiger partial charge on any atom is -0.313 e. The standard InChI is InChI=1S/C23H30N4O2/c1-6-27-19-10-9-17(11-13-24-15-18-8-7-12-25-16(18)2)14-20(19)26(5)21(28)23(3,4)22(27)29/h7-10,12,14,24H,6,11,13,15H2,1-5H3. The lowest BCUT2D eigenvalue weighted by Crippen LogP contribution is -2.47. The van der Waals surface area contributed by atoms with E-state index in [1.807, 2.05) is 38.1 Å². The van der Waals surface area contributed by atoms with E-state index in [1.54, 1.807) is 36.9 Å². The molecule has 0 fully saturated rings. The van der Waals surface area contributed by atoms with Gasteiger partial charge in [-0.2, -0.15) is 0 Å². The Morgan fingerprint density at radius 2 is 1.86 bits per heavy atom. The highest BCUT2D eigenvalue weighted by Gasteiger charge is 2.45. The maximum atomic E-state index is 12.9. The third-order valence-corrected chi connectivity index (χ3v) is 5.65. The summed E-state index contributed by atoms with van der Waals surface area (Å²) in [5.74, 6) is -0.334. The summed E-state index contributed by atoms with van der Waals surface area (Å²) in [6.07, 6.45) is 2.63. The van der Waals surface area contributed by atoms with E-state index in [0.29, 0.717) is 6.54 Å². The first kappa shape index (κ1) is 21.0. The minimum absolute atomic E-state index is 0.156. The number of aromatic nitrogens is 1. The Morgan fingerprint density at radius 1 is 1.10 bits per heavy atom. The molecular formula is C23H30N4O2. The molecule has 6 heteroatoms. The van der Waals surface area contributed by atoms with Gasteiger partial charge < -0.3 is 15.1 Å². The molecule has 1 aromatic carbocycles. The van der Waals surface area contributed by atoms with Crippen LogP contribution in [0.25, 0.3) is 0 Å². The van der Waals surface area contributed by atoms with Crippen LogP contribution in [-0.2, 0) is 22.6 Å². The number of anilines is 2. The maximum Gasteiger partial charge on any atom is 0.242 e. The summed E-state index contributed by atoms with van der Waals surface area (Å²) in [5, 5.41) is 3.46. The number of nitrogens with one attached hydrogen (secondary N) is 1. The Hall–Kier alpha value is -2.73. The number of hydrogen-bond acceptors (Lipinski definition) is 4. The Morgan fingerprint density at radius 3 is 2.55 bits per heavy atom. The van der Waals surface area contributed by atoms with Gasteiger partial charge in [0.2, 0.25) is 11.8 Å². The van der Waals surface area contributed by atoms with E-state index in [1.165, 1.54) is 5.56 Å². The van der Waals surface area contributed by atoms with Gasteiger partial charge in [-0.15, -0.1) is 0 Å². The molecule has 0 atom stereocenters. The minimum atomic E-state index is -1.08. The molecule has 3 rings (SSSR count). The summed E-state index contributed by atoms with van der Waals surface area (Å²) < 4.78 is 0. The number of fused-ring (bicyclic) bond motifs is 1. The van der Waals surface area contributed by atoms with Crippen molar-refractivity contribution in [1.82, 2.24) is 10.3 Å². The SMILES string of the molecule is CCN1C(=O)C(C)(C)C(=O)N(C)c2cc(CCNCc3cccnc3C)ccc21. The van der Waals surface area contributed by atoms with Gasteiger partial charge in [0, 0.05) is 32.0 Å². The highest BCUT2D eigenvalue weighted by Crippen LogP contribution is 2.38. The zero-order valence-corrected chi connectivity index (χ0v) is 18.0. The Labute approximate surface area is 172 Å². The van der Waals surface area contributed by atoms with Gasteiger partial charge in [0.15, 0.2) is 0 Å². The monoisotopic (exact) mass is 394 g/mol. The van der Waals surface area contributed by atoms with Crippen molar-refractivity contribution in [2.75, 3.05) is 29.9 Å². The molecule has 1 aromatic heterocycles. The summed E-state index contributed by atoms with van der Waals surface area (Å²) in [6.45, 7) is 9.47. The first-order chi connectivity index (χ1) is 13.8. The van der Waals surface area contributed by atoms with Crippen molar-refractivity contribution in [3.05, 3.63) is 53.3 Å². The Bertz CT molecular complexity index is 923. The van der Waals surface area contributed by atoms with Crippen LogP contribution in [0.15, 0.2) is 36.5 Å². The summed E-state index contributed by atoms with van der Waals surface area (Å²) >= 11 is 0. The summed E-state index contributed by atoms with van der Waals surface area (Å²) in [6, 6.07) is 10.1. The largest absolute Gasteiger partial charge is 0.313 e. The molecule has 154 valence electrons. The molecule has 29 heavy (non-hydrogen) atoms. The van der Waals surface area contributed by atoms with Crippen LogP contribution in [-0.4, -0.2) is 36.9 Å². The Balaban J connectivity index is 1.76. The van der Waals surface area contributed by atoms with E-state index < -0.39 is 5.41 Å². The van der Waals surface area contributed by atoms with Crippen LogP contribution in [0.2, 0.25) is 0 Å². The van der Waals surface area contributed by atoms with Gasteiger partial charge in [0.05, 0.1) is 11.4 Å². The third-order valence-electron chi connectivity index (χ3n) is 5.65. The molecular weight excluding hydrogens is 364 g/mol. The topological polar surface area (TPSA) is 65.5 Å². The highest BCUT2D eigenvalue weighted by molar-refractivity contribution is 6.19. The maximum absolute atomic E-state index is 12.9. The molecule has 0 radical (unpaired) electrons. The summed E-state index contributed by atoms with van der Waals surface area (Å²) in [5.41, 5.74) is 3.86. The molecule has 0 saturated heterocycles. The number of pyridine rings is 1. The Kier molecular flexibility index (Phi) is 6.03. The van der Waals surface area contributed by atoms with Crippen LogP contribution in [0.3, 0.4) is 0 Å². The van der Waals surface area contributed by atoms with E-state index in [-0.39, 0.29) is 11.8 Å². The second-order valence-electron chi connectivity index (χ2n) is 8.04.